The zero-order chi connectivity index (χ0) is 17.8. The van der Waals surface area contributed by atoms with Gasteiger partial charge in [-0.25, -0.2) is 0 Å². The second kappa shape index (κ2) is 7.38. The Kier molecular flexibility index (Phi) is 5.02. The first kappa shape index (κ1) is 17.0. The third-order valence-corrected chi connectivity index (χ3v) is 4.47. The number of anilines is 1. The molecule has 1 unspecified atom stereocenters. The molecule has 1 N–H and O–H groups in total. The lowest BCUT2D eigenvalue weighted by atomic mass is 9.97. The molecule has 0 aliphatic carbocycles. The molecular formula is C18H22N4O3. The molecule has 1 aliphatic rings. The van der Waals surface area contributed by atoms with E-state index >= 15 is 0 Å². The van der Waals surface area contributed by atoms with E-state index in [0.717, 1.165) is 25.1 Å². The topological polar surface area (TPSA) is 76.5 Å². The van der Waals surface area contributed by atoms with Gasteiger partial charge in [0.1, 0.15) is 11.6 Å². The maximum atomic E-state index is 12.2. The highest BCUT2D eigenvalue weighted by atomic mass is 16.5. The van der Waals surface area contributed by atoms with Crippen LogP contribution >= 0.6 is 0 Å². The first-order valence-corrected chi connectivity index (χ1v) is 8.33. The molecule has 1 aliphatic heterocycles. The minimum Gasteiger partial charge on any atom is -0.497 e. The van der Waals surface area contributed by atoms with E-state index in [1.807, 2.05) is 0 Å². The van der Waals surface area contributed by atoms with Crippen molar-refractivity contribution in [2.45, 2.75) is 12.8 Å². The Labute approximate surface area is 146 Å². The fourth-order valence-electron chi connectivity index (χ4n) is 3.08. The third-order valence-electron chi connectivity index (χ3n) is 4.47. The fourth-order valence-corrected chi connectivity index (χ4v) is 3.08. The van der Waals surface area contributed by atoms with Crippen molar-refractivity contribution in [2.24, 2.45) is 5.92 Å². The lowest BCUT2D eigenvalue weighted by Crippen LogP contribution is -2.43. The second-order valence-electron chi connectivity index (χ2n) is 6.04. The Morgan fingerprint density at radius 3 is 2.68 bits per heavy atom. The predicted octanol–water partition coefficient (Wildman–Crippen LogP) is 1.20. The average molecular weight is 342 g/mol. The van der Waals surface area contributed by atoms with E-state index in [2.05, 4.69) is 15.3 Å². The van der Waals surface area contributed by atoms with Gasteiger partial charge in [0.05, 0.1) is 18.7 Å². The highest BCUT2D eigenvalue weighted by Gasteiger charge is 2.26. The molecular weight excluding hydrogens is 320 g/mol. The Hall–Kier alpha value is -2.83. The number of hydrogen-bond acceptors (Lipinski definition) is 5. The van der Waals surface area contributed by atoms with Gasteiger partial charge < -0.3 is 15.0 Å². The minimum atomic E-state index is -0.200. The molecule has 0 spiro atoms. The van der Waals surface area contributed by atoms with E-state index in [9.17, 15) is 9.59 Å². The standard InChI is InChI=1S/C18H22N4O3/c1-19-18(24)13-4-3-11-21(12-13)16-9-10-17(23)22(20-16)14-5-7-15(25-2)8-6-14/h5-10,13H,3-4,11-12H2,1-2H3,(H,19,24). The molecule has 2 aromatic rings. The lowest BCUT2D eigenvalue weighted by Gasteiger charge is -2.32. The van der Waals surface area contributed by atoms with Crippen molar-refractivity contribution < 1.29 is 9.53 Å². The monoisotopic (exact) mass is 342 g/mol. The van der Waals surface area contributed by atoms with Crippen LogP contribution in [0.1, 0.15) is 12.8 Å². The number of nitrogens with zero attached hydrogens (tertiary/aromatic N) is 3. The number of rotatable bonds is 4. The third kappa shape index (κ3) is 3.65. The van der Waals surface area contributed by atoms with Crippen LogP contribution in [0.4, 0.5) is 5.82 Å². The van der Waals surface area contributed by atoms with Crippen LogP contribution in [-0.2, 0) is 4.79 Å². The molecule has 0 saturated carbocycles. The van der Waals surface area contributed by atoms with Crippen molar-refractivity contribution in [3.63, 3.8) is 0 Å². The van der Waals surface area contributed by atoms with E-state index in [4.69, 9.17) is 4.74 Å². The summed E-state index contributed by atoms with van der Waals surface area (Å²) >= 11 is 0. The molecule has 7 nitrogen and oxygen atoms in total. The van der Waals surface area contributed by atoms with Crippen LogP contribution in [0.25, 0.3) is 5.69 Å². The van der Waals surface area contributed by atoms with Gasteiger partial charge >= 0.3 is 0 Å². The molecule has 1 amide bonds. The average Bonchev–Trinajstić information content (AvgIpc) is 2.68. The van der Waals surface area contributed by atoms with E-state index in [1.165, 1.54) is 10.7 Å². The fraction of sp³-hybridized carbons (Fsp3) is 0.389. The van der Waals surface area contributed by atoms with Crippen molar-refractivity contribution in [1.82, 2.24) is 15.1 Å². The number of piperidine rings is 1. The Balaban J connectivity index is 1.88. The summed E-state index contributed by atoms with van der Waals surface area (Å²) in [6, 6.07) is 10.4. The van der Waals surface area contributed by atoms with Gasteiger partial charge in [0, 0.05) is 26.2 Å². The summed E-state index contributed by atoms with van der Waals surface area (Å²) in [6.45, 7) is 1.43. The molecule has 1 aromatic heterocycles. The molecule has 1 aromatic carbocycles. The van der Waals surface area contributed by atoms with Crippen molar-refractivity contribution in [2.75, 3.05) is 32.1 Å². The molecule has 1 fully saturated rings. The Morgan fingerprint density at radius 1 is 1.24 bits per heavy atom. The number of amides is 1. The van der Waals surface area contributed by atoms with Gasteiger partial charge in [0.2, 0.25) is 5.91 Å². The zero-order valence-electron chi connectivity index (χ0n) is 14.4. The van der Waals surface area contributed by atoms with Crippen molar-refractivity contribution >= 4 is 11.7 Å². The lowest BCUT2D eigenvalue weighted by molar-refractivity contribution is -0.124. The minimum absolute atomic E-state index is 0.0492. The van der Waals surface area contributed by atoms with Gasteiger partial charge in [-0.1, -0.05) is 0 Å². The summed E-state index contributed by atoms with van der Waals surface area (Å²) in [7, 11) is 3.25. The number of aromatic nitrogens is 2. The van der Waals surface area contributed by atoms with Gasteiger partial charge in [-0.05, 0) is 43.2 Å². The molecule has 2 heterocycles. The van der Waals surface area contributed by atoms with Crippen LogP contribution < -0.4 is 20.5 Å². The quantitative estimate of drug-likeness (QED) is 0.904. The number of carbonyl (C=O) groups is 1. The summed E-state index contributed by atoms with van der Waals surface area (Å²) in [5.74, 6) is 1.41. The molecule has 3 rings (SSSR count). The molecule has 132 valence electrons. The highest BCUT2D eigenvalue weighted by molar-refractivity contribution is 5.79. The van der Waals surface area contributed by atoms with E-state index in [1.54, 1.807) is 44.5 Å². The predicted molar refractivity (Wildman–Crippen MR) is 95.4 cm³/mol. The molecule has 0 radical (unpaired) electrons. The number of benzene rings is 1. The first-order valence-electron chi connectivity index (χ1n) is 8.33. The SMILES string of the molecule is CNC(=O)C1CCCN(c2ccc(=O)n(-c3ccc(OC)cc3)n2)C1. The maximum Gasteiger partial charge on any atom is 0.271 e. The van der Waals surface area contributed by atoms with Gasteiger partial charge in [-0.15, -0.1) is 5.10 Å². The Morgan fingerprint density at radius 2 is 2.00 bits per heavy atom. The van der Waals surface area contributed by atoms with E-state index in [-0.39, 0.29) is 17.4 Å². The molecule has 1 saturated heterocycles. The summed E-state index contributed by atoms with van der Waals surface area (Å²) in [5.41, 5.74) is 0.473. The summed E-state index contributed by atoms with van der Waals surface area (Å²) in [5, 5.41) is 7.21. The second-order valence-corrected chi connectivity index (χ2v) is 6.04. The maximum absolute atomic E-state index is 12.2. The number of ether oxygens (including phenoxy) is 1. The summed E-state index contributed by atoms with van der Waals surface area (Å²) in [6.07, 6.45) is 1.79. The van der Waals surface area contributed by atoms with Crippen molar-refractivity contribution in [3.8, 4) is 11.4 Å². The normalized spacial score (nSPS) is 17.2. The van der Waals surface area contributed by atoms with Crippen LogP contribution in [0.2, 0.25) is 0 Å². The van der Waals surface area contributed by atoms with E-state index in [0.29, 0.717) is 18.1 Å². The first-order chi connectivity index (χ1) is 12.1. The zero-order valence-corrected chi connectivity index (χ0v) is 14.4. The highest BCUT2D eigenvalue weighted by Crippen LogP contribution is 2.21. The van der Waals surface area contributed by atoms with Gasteiger partial charge in [-0.2, -0.15) is 4.68 Å². The number of methoxy groups -OCH3 is 1. The summed E-state index contributed by atoms with van der Waals surface area (Å²) < 4.78 is 6.52. The number of nitrogens with one attached hydrogen (secondary N) is 1. The van der Waals surface area contributed by atoms with E-state index < -0.39 is 0 Å². The van der Waals surface area contributed by atoms with Gasteiger partial charge in [-0.3, -0.25) is 9.59 Å². The number of hydrogen-bond donors (Lipinski definition) is 1. The van der Waals surface area contributed by atoms with Crippen molar-refractivity contribution in [1.29, 1.82) is 0 Å². The van der Waals surface area contributed by atoms with Gasteiger partial charge in [0.25, 0.3) is 5.56 Å². The largest absolute Gasteiger partial charge is 0.497 e. The Bertz CT molecular complexity index is 801. The van der Waals surface area contributed by atoms with Crippen LogP contribution in [-0.4, -0.2) is 42.9 Å². The smallest absolute Gasteiger partial charge is 0.271 e. The molecule has 7 heteroatoms. The molecule has 0 bridgehead atoms. The molecule has 1 atom stereocenters. The molecule has 25 heavy (non-hydrogen) atoms. The number of carbonyl (C=O) groups excluding carboxylic acids is 1. The van der Waals surface area contributed by atoms with Gasteiger partial charge in [0.15, 0.2) is 0 Å². The van der Waals surface area contributed by atoms with Crippen LogP contribution in [0, 0.1) is 5.92 Å². The van der Waals surface area contributed by atoms with Crippen LogP contribution in [0.5, 0.6) is 5.75 Å². The van der Waals surface area contributed by atoms with Crippen molar-refractivity contribution in [3.05, 3.63) is 46.8 Å². The van der Waals surface area contributed by atoms with Crippen LogP contribution in [0.3, 0.4) is 0 Å². The summed E-state index contributed by atoms with van der Waals surface area (Å²) in [4.78, 5) is 26.2. The van der Waals surface area contributed by atoms with Crippen LogP contribution in [0.15, 0.2) is 41.2 Å².